The highest BCUT2D eigenvalue weighted by molar-refractivity contribution is 7.89. The van der Waals surface area contributed by atoms with Crippen molar-refractivity contribution in [1.29, 1.82) is 0 Å². The van der Waals surface area contributed by atoms with Crippen LogP contribution in [0.25, 0.3) is 0 Å². The maximum Gasteiger partial charge on any atom is 0.240 e. The first kappa shape index (κ1) is 21.5. The second-order valence-corrected chi connectivity index (χ2v) is 8.42. The predicted octanol–water partition coefficient (Wildman–Crippen LogP) is 1.15. The standard InChI is InChI=1S/C18H29N3O5S/c1-3-18(19,4-2)13-20-17(22)8-9-21-27(23,24)14-6-7-15-16(12-14)26-11-5-10-25-15/h6-7,12,21H,3-5,8-11,13,19H2,1-2H3,(H,20,22). The van der Waals surface area contributed by atoms with E-state index < -0.39 is 15.6 Å². The van der Waals surface area contributed by atoms with Crippen LogP contribution in [-0.4, -0.2) is 46.2 Å². The lowest BCUT2D eigenvalue weighted by molar-refractivity contribution is -0.121. The zero-order valence-electron chi connectivity index (χ0n) is 15.9. The first-order valence-electron chi connectivity index (χ1n) is 9.24. The largest absolute Gasteiger partial charge is 0.490 e. The molecule has 1 aromatic carbocycles. The molecule has 0 spiro atoms. The Morgan fingerprint density at radius 2 is 1.85 bits per heavy atom. The molecule has 152 valence electrons. The summed E-state index contributed by atoms with van der Waals surface area (Å²) >= 11 is 0. The van der Waals surface area contributed by atoms with E-state index in [1.165, 1.54) is 12.1 Å². The molecule has 8 nitrogen and oxygen atoms in total. The van der Waals surface area contributed by atoms with Crippen LogP contribution in [0.15, 0.2) is 23.1 Å². The summed E-state index contributed by atoms with van der Waals surface area (Å²) < 4.78 is 38.3. The average molecular weight is 400 g/mol. The number of hydrogen-bond acceptors (Lipinski definition) is 6. The number of amides is 1. The van der Waals surface area contributed by atoms with Gasteiger partial charge >= 0.3 is 0 Å². The van der Waals surface area contributed by atoms with Crippen molar-refractivity contribution in [2.24, 2.45) is 5.73 Å². The Balaban J connectivity index is 1.88. The molecule has 27 heavy (non-hydrogen) atoms. The minimum atomic E-state index is -3.74. The molecular weight excluding hydrogens is 370 g/mol. The van der Waals surface area contributed by atoms with Gasteiger partial charge in [-0.2, -0.15) is 0 Å². The van der Waals surface area contributed by atoms with Gasteiger partial charge in [-0.15, -0.1) is 0 Å². The quantitative estimate of drug-likeness (QED) is 0.573. The minimum absolute atomic E-state index is 0.00156. The van der Waals surface area contributed by atoms with E-state index in [0.717, 1.165) is 19.3 Å². The van der Waals surface area contributed by atoms with Gasteiger partial charge in [-0.3, -0.25) is 4.79 Å². The fourth-order valence-corrected chi connectivity index (χ4v) is 3.60. The van der Waals surface area contributed by atoms with Crippen LogP contribution >= 0.6 is 0 Å². The van der Waals surface area contributed by atoms with Crippen LogP contribution in [0.5, 0.6) is 11.5 Å². The lowest BCUT2D eigenvalue weighted by Gasteiger charge is -2.26. The Kier molecular flexibility index (Phi) is 7.46. The molecule has 0 unspecified atom stereocenters. The van der Waals surface area contributed by atoms with E-state index in [0.29, 0.717) is 31.3 Å². The number of ether oxygens (including phenoxy) is 2. The number of rotatable bonds is 9. The van der Waals surface area contributed by atoms with Gasteiger partial charge in [0, 0.05) is 37.5 Å². The Labute approximate surface area is 160 Å². The molecule has 0 aliphatic carbocycles. The summed E-state index contributed by atoms with van der Waals surface area (Å²) in [5, 5.41) is 2.76. The van der Waals surface area contributed by atoms with E-state index in [9.17, 15) is 13.2 Å². The highest BCUT2D eigenvalue weighted by Crippen LogP contribution is 2.31. The summed E-state index contributed by atoms with van der Waals surface area (Å²) in [6.07, 6.45) is 2.28. The van der Waals surface area contributed by atoms with Gasteiger partial charge in [0.1, 0.15) is 0 Å². The van der Waals surface area contributed by atoms with Gasteiger partial charge in [-0.25, -0.2) is 13.1 Å². The van der Waals surface area contributed by atoms with E-state index in [4.69, 9.17) is 15.2 Å². The SMILES string of the molecule is CCC(N)(CC)CNC(=O)CCNS(=O)(=O)c1ccc2c(c1)OCCCO2. The molecule has 0 saturated carbocycles. The zero-order valence-corrected chi connectivity index (χ0v) is 16.7. The molecule has 0 fully saturated rings. The van der Waals surface area contributed by atoms with Crippen molar-refractivity contribution in [3.8, 4) is 11.5 Å². The number of fused-ring (bicyclic) bond motifs is 1. The van der Waals surface area contributed by atoms with Gasteiger partial charge < -0.3 is 20.5 Å². The van der Waals surface area contributed by atoms with Crippen LogP contribution in [0, 0.1) is 0 Å². The number of nitrogens with one attached hydrogen (secondary N) is 2. The van der Waals surface area contributed by atoms with Gasteiger partial charge in [0.2, 0.25) is 15.9 Å². The molecule has 0 radical (unpaired) electrons. The summed E-state index contributed by atoms with van der Waals surface area (Å²) in [6, 6.07) is 4.48. The first-order valence-corrected chi connectivity index (χ1v) is 10.7. The monoisotopic (exact) mass is 399 g/mol. The first-order chi connectivity index (χ1) is 12.8. The highest BCUT2D eigenvalue weighted by atomic mass is 32.2. The summed E-state index contributed by atoms with van der Waals surface area (Å²) in [6.45, 7) is 5.32. The van der Waals surface area contributed by atoms with Crippen LogP contribution in [0.2, 0.25) is 0 Å². The van der Waals surface area contributed by atoms with Crippen molar-refractivity contribution in [1.82, 2.24) is 10.0 Å². The number of benzene rings is 1. The molecular formula is C18H29N3O5S. The maximum atomic E-state index is 12.4. The molecule has 1 aliphatic heterocycles. The van der Waals surface area contributed by atoms with Crippen LogP contribution in [0.3, 0.4) is 0 Å². The topological polar surface area (TPSA) is 120 Å². The van der Waals surface area contributed by atoms with E-state index in [2.05, 4.69) is 10.0 Å². The number of sulfonamides is 1. The molecule has 4 N–H and O–H groups in total. The minimum Gasteiger partial charge on any atom is -0.490 e. The second-order valence-electron chi connectivity index (χ2n) is 6.65. The third-order valence-electron chi connectivity index (χ3n) is 4.72. The molecule has 1 heterocycles. The molecule has 0 aromatic heterocycles. The number of nitrogens with two attached hydrogens (primary N) is 1. The summed E-state index contributed by atoms with van der Waals surface area (Å²) in [5.41, 5.74) is 5.71. The van der Waals surface area contributed by atoms with Crippen LogP contribution in [-0.2, 0) is 14.8 Å². The van der Waals surface area contributed by atoms with E-state index in [1.54, 1.807) is 6.07 Å². The fraction of sp³-hybridized carbons (Fsp3) is 0.611. The van der Waals surface area contributed by atoms with Crippen molar-refractivity contribution in [2.75, 3.05) is 26.3 Å². The van der Waals surface area contributed by atoms with Gasteiger partial charge in [0.15, 0.2) is 11.5 Å². The fourth-order valence-electron chi connectivity index (χ4n) is 2.56. The summed E-state index contributed by atoms with van der Waals surface area (Å²) in [7, 11) is -3.74. The predicted molar refractivity (Wildman–Crippen MR) is 102 cm³/mol. The Morgan fingerprint density at radius 1 is 1.19 bits per heavy atom. The number of hydrogen-bond donors (Lipinski definition) is 3. The molecule has 1 amide bonds. The van der Waals surface area contributed by atoms with Crippen molar-refractivity contribution < 1.29 is 22.7 Å². The van der Waals surface area contributed by atoms with Crippen LogP contribution in [0.4, 0.5) is 0 Å². The second kappa shape index (κ2) is 9.38. The third-order valence-corrected chi connectivity index (χ3v) is 6.18. The zero-order chi connectivity index (χ0) is 19.9. The molecule has 1 aliphatic rings. The van der Waals surface area contributed by atoms with E-state index in [-0.39, 0.29) is 23.8 Å². The highest BCUT2D eigenvalue weighted by Gasteiger charge is 2.22. The van der Waals surface area contributed by atoms with Gasteiger partial charge in [0.05, 0.1) is 18.1 Å². The van der Waals surface area contributed by atoms with E-state index >= 15 is 0 Å². The normalized spacial score (nSPS) is 14.5. The van der Waals surface area contributed by atoms with Gasteiger partial charge in [-0.1, -0.05) is 13.8 Å². The van der Waals surface area contributed by atoms with Gasteiger partial charge in [-0.05, 0) is 25.0 Å². The van der Waals surface area contributed by atoms with Crippen LogP contribution in [0.1, 0.15) is 39.5 Å². The lowest BCUT2D eigenvalue weighted by Crippen LogP contribution is -2.49. The van der Waals surface area contributed by atoms with Gasteiger partial charge in [0.25, 0.3) is 0 Å². The Morgan fingerprint density at radius 3 is 2.52 bits per heavy atom. The maximum absolute atomic E-state index is 12.4. The Bertz CT molecular complexity index is 747. The molecule has 1 aromatic rings. The van der Waals surface area contributed by atoms with Crippen molar-refractivity contribution in [2.45, 2.75) is 50.0 Å². The molecule has 0 saturated heterocycles. The smallest absolute Gasteiger partial charge is 0.240 e. The van der Waals surface area contributed by atoms with Crippen molar-refractivity contribution in [3.63, 3.8) is 0 Å². The molecule has 9 heteroatoms. The number of carbonyl (C=O) groups excluding carboxylic acids is 1. The molecule has 0 atom stereocenters. The third kappa shape index (κ3) is 6.08. The lowest BCUT2D eigenvalue weighted by atomic mass is 9.94. The van der Waals surface area contributed by atoms with Crippen LogP contribution < -0.4 is 25.2 Å². The molecule has 2 rings (SSSR count). The summed E-state index contributed by atoms with van der Waals surface area (Å²) in [4.78, 5) is 12.0. The average Bonchev–Trinajstić information content (AvgIpc) is 2.90. The van der Waals surface area contributed by atoms with Crippen molar-refractivity contribution >= 4 is 15.9 Å². The number of carbonyl (C=O) groups is 1. The van der Waals surface area contributed by atoms with Crippen molar-refractivity contribution in [3.05, 3.63) is 18.2 Å². The molecule has 0 bridgehead atoms. The Hall–Kier alpha value is -1.84. The van der Waals surface area contributed by atoms with E-state index in [1.807, 2.05) is 13.8 Å². The summed E-state index contributed by atoms with van der Waals surface area (Å²) in [5.74, 6) is 0.697.